The zero-order valence-electron chi connectivity index (χ0n) is 10.2. The van der Waals surface area contributed by atoms with Gasteiger partial charge in [-0.2, -0.15) is 5.26 Å². The molecule has 96 valence electrons. The summed E-state index contributed by atoms with van der Waals surface area (Å²) in [5, 5.41) is 9.38. The molecule has 2 rings (SSSR count). The van der Waals surface area contributed by atoms with Gasteiger partial charge in [0.05, 0.1) is 6.20 Å². The number of hydrogen-bond donors (Lipinski definition) is 1. The first-order valence-corrected chi connectivity index (χ1v) is 5.88. The van der Waals surface area contributed by atoms with Gasteiger partial charge in [0.15, 0.2) is 5.82 Å². The van der Waals surface area contributed by atoms with Gasteiger partial charge in [0.1, 0.15) is 29.8 Å². The van der Waals surface area contributed by atoms with Crippen LogP contribution in [0.4, 0.5) is 5.82 Å². The average molecular weight is 275 g/mol. The van der Waals surface area contributed by atoms with Crippen LogP contribution in [-0.4, -0.2) is 9.97 Å². The van der Waals surface area contributed by atoms with Crippen LogP contribution in [0.1, 0.15) is 17.0 Å². The normalized spacial score (nSPS) is 9.95. The number of anilines is 1. The molecule has 0 aliphatic rings. The van der Waals surface area contributed by atoms with Crippen molar-refractivity contribution in [3.05, 3.63) is 46.4 Å². The van der Waals surface area contributed by atoms with Gasteiger partial charge in [-0.1, -0.05) is 11.6 Å². The summed E-state index contributed by atoms with van der Waals surface area (Å²) in [5.74, 6) is 1.28. The van der Waals surface area contributed by atoms with Crippen molar-refractivity contribution >= 4 is 17.4 Å². The molecule has 0 bridgehead atoms. The van der Waals surface area contributed by atoms with Crippen LogP contribution in [0.5, 0.6) is 5.75 Å². The Hall–Kier alpha value is -2.32. The van der Waals surface area contributed by atoms with Gasteiger partial charge >= 0.3 is 0 Å². The number of benzene rings is 1. The molecular weight excluding hydrogens is 264 g/mol. The molecule has 0 aliphatic carbocycles. The van der Waals surface area contributed by atoms with Gasteiger partial charge in [-0.3, -0.25) is 0 Å². The van der Waals surface area contributed by atoms with Gasteiger partial charge in [-0.25, -0.2) is 9.97 Å². The Morgan fingerprint density at radius 3 is 2.89 bits per heavy atom. The number of hydrogen-bond acceptors (Lipinski definition) is 5. The number of aromatic nitrogens is 2. The lowest BCUT2D eigenvalue weighted by Gasteiger charge is -2.08. The lowest BCUT2D eigenvalue weighted by Crippen LogP contribution is -2.06. The van der Waals surface area contributed by atoms with E-state index in [1.54, 1.807) is 12.1 Å². The molecule has 0 radical (unpaired) electrons. The standard InChI is InChI=1S/C13H11ClN4O/c1-8-4-10(14)2-3-11(8)19-7-12-17-6-9(5-15)13(16)18-12/h2-4,6H,7H2,1H3,(H2,16,17,18). The molecule has 0 fully saturated rings. The van der Waals surface area contributed by atoms with Crippen LogP contribution in [0, 0.1) is 18.3 Å². The molecule has 0 atom stereocenters. The molecule has 0 saturated heterocycles. The third-order valence-corrected chi connectivity index (χ3v) is 2.72. The smallest absolute Gasteiger partial charge is 0.168 e. The maximum absolute atomic E-state index is 8.73. The van der Waals surface area contributed by atoms with Crippen molar-refractivity contribution in [3.8, 4) is 11.8 Å². The maximum atomic E-state index is 8.73. The van der Waals surface area contributed by atoms with E-state index in [1.807, 2.05) is 19.1 Å². The second-order valence-corrected chi connectivity index (χ2v) is 4.33. The van der Waals surface area contributed by atoms with Crippen LogP contribution in [0.25, 0.3) is 0 Å². The lowest BCUT2D eigenvalue weighted by atomic mass is 10.2. The summed E-state index contributed by atoms with van der Waals surface area (Å²) < 4.78 is 5.58. The van der Waals surface area contributed by atoms with Crippen molar-refractivity contribution in [1.29, 1.82) is 5.26 Å². The summed E-state index contributed by atoms with van der Waals surface area (Å²) in [7, 11) is 0. The Balaban J connectivity index is 2.10. The van der Waals surface area contributed by atoms with Crippen molar-refractivity contribution in [3.63, 3.8) is 0 Å². The average Bonchev–Trinajstić information content (AvgIpc) is 2.38. The number of nitrogens with two attached hydrogens (primary N) is 1. The second kappa shape index (κ2) is 5.55. The molecule has 0 spiro atoms. The van der Waals surface area contributed by atoms with Gasteiger partial charge < -0.3 is 10.5 Å². The van der Waals surface area contributed by atoms with Gasteiger partial charge in [0.25, 0.3) is 0 Å². The van der Waals surface area contributed by atoms with Crippen LogP contribution < -0.4 is 10.5 Å². The Morgan fingerprint density at radius 1 is 1.47 bits per heavy atom. The number of nitriles is 1. The summed E-state index contributed by atoms with van der Waals surface area (Å²) in [6, 6.07) is 7.25. The minimum absolute atomic E-state index is 0.156. The number of rotatable bonds is 3. The largest absolute Gasteiger partial charge is 0.485 e. The van der Waals surface area contributed by atoms with Crippen LogP contribution in [0.3, 0.4) is 0 Å². The fourth-order valence-electron chi connectivity index (χ4n) is 1.51. The highest BCUT2D eigenvalue weighted by Gasteiger charge is 2.05. The van der Waals surface area contributed by atoms with Crippen molar-refractivity contribution in [1.82, 2.24) is 9.97 Å². The monoisotopic (exact) mass is 274 g/mol. The van der Waals surface area contributed by atoms with E-state index in [2.05, 4.69) is 9.97 Å². The molecule has 19 heavy (non-hydrogen) atoms. The Bertz CT molecular complexity index is 652. The van der Waals surface area contributed by atoms with Gasteiger partial charge in [-0.05, 0) is 30.7 Å². The first-order valence-electron chi connectivity index (χ1n) is 5.50. The van der Waals surface area contributed by atoms with Gasteiger partial charge in [-0.15, -0.1) is 0 Å². The molecule has 2 aromatic rings. The van der Waals surface area contributed by atoms with Crippen LogP contribution in [0.15, 0.2) is 24.4 Å². The zero-order valence-corrected chi connectivity index (χ0v) is 11.0. The van der Waals surface area contributed by atoms with Crippen molar-refractivity contribution in [2.24, 2.45) is 0 Å². The highest BCUT2D eigenvalue weighted by atomic mass is 35.5. The van der Waals surface area contributed by atoms with E-state index in [4.69, 9.17) is 27.3 Å². The van der Waals surface area contributed by atoms with Crippen molar-refractivity contribution in [2.75, 3.05) is 5.73 Å². The first-order chi connectivity index (χ1) is 9.10. The van der Waals surface area contributed by atoms with Crippen LogP contribution in [0.2, 0.25) is 5.02 Å². The Labute approximate surface area is 115 Å². The molecule has 0 aliphatic heterocycles. The molecule has 1 aromatic heterocycles. The Kier molecular flexibility index (Phi) is 3.83. The fourth-order valence-corrected chi connectivity index (χ4v) is 1.73. The van der Waals surface area contributed by atoms with Crippen molar-refractivity contribution in [2.45, 2.75) is 13.5 Å². The highest BCUT2D eigenvalue weighted by molar-refractivity contribution is 6.30. The predicted molar refractivity (Wildman–Crippen MR) is 71.7 cm³/mol. The number of aryl methyl sites for hydroxylation is 1. The number of nitrogen functional groups attached to an aromatic ring is 1. The number of halogens is 1. The molecule has 0 unspecified atom stereocenters. The summed E-state index contributed by atoms with van der Waals surface area (Å²) in [5.41, 5.74) is 6.79. The molecule has 6 heteroatoms. The minimum atomic E-state index is 0.156. The van der Waals surface area contributed by atoms with Gasteiger partial charge in [0, 0.05) is 5.02 Å². The van der Waals surface area contributed by atoms with Crippen molar-refractivity contribution < 1.29 is 4.74 Å². The SMILES string of the molecule is Cc1cc(Cl)ccc1OCc1ncc(C#N)c(N)n1. The van der Waals surface area contributed by atoms with E-state index >= 15 is 0 Å². The third-order valence-electron chi connectivity index (χ3n) is 2.48. The van der Waals surface area contributed by atoms with E-state index in [-0.39, 0.29) is 18.0 Å². The Morgan fingerprint density at radius 2 is 2.26 bits per heavy atom. The molecule has 0 saturated carbocycles. The number of nitrogens with zero attached hydrogens (tertiary/aromatic N) is 3. The second-order valence-electron chi connectivity index (χ2n) is 3.90. The summed E-state index contributed by atoms with van der Waals surface area (Å²) in [4.78, 5) is 8.01. The fraction of sp³-hybridized carbons (Fsp3) is 0.154. The van der Waals surface area contributed by atoms with E-state index in [1.165, 1.54) is 6.20 Å². The topological polar surface area (TPSA) is 84.8 Å². The molecule has 2 N–H and O–H groups in total. The predicted octanol–water partition coefficient (Wildman–Crippen LogP) is 2.47. The quantitative estimate of drug-likeness (QED) is 0.929. The lowest BCUT2D eigenvalue weighted by molar-refractivity contribution is 0.294. The van der Waals surface area contributed by atoms with E-state index in [0.29, 0.717) is 16.6 Å². The zero-order chi connectivity index (χ0) is 13.8. The minimum Gasteiger partial charge on any atom is -0.485 e. The molecule has 1 aromatic carbocycles. The van der Waals surface area contributed by atoms with Crippen LogP contribution in [-0.2, 0) is 6.61 Å². The molecular formula is C13H11ClN4O. The van der Waals surface area contributed by atoms with Crippen LogP contribution >= 0.6 is 11.6 Å². The third kappa shape index (κ3) is 3.12. The summed E-state index contributed by atoms with van der Waals surface area (Å²) >= 11 is 5.86. The van der Waals surface area contributed by atoms with E-state index < -0.39 is 0 Å². The maximum Gasteiger partial charge on any atom is 0.168 e. The first kappa shape index (κ1) is 13.1. The molecule has 1 heterocycles. The highest BCUT2D eigenvalue weighted by Crippen LogP contribution is 2.22. The molecule has 5 nitrogen and oxygen atoms in total. The van der Waals surface area contributed by atoms with E-state index in [0.717, 1.165) is 5.56 Å². The summed E-state index contributed by atoms with van der Waals surface area (Å²) in [6.45, 7) is 2.08. The number of ether oxygens (including phenoxy) is 1. The van der Waals surface area contributed by atoms with E-state index in [9.17, 15) is 0 Å². The summed E-state index contributed by atoms with van der Waals surface area (Å²) in [6.07, 6.45) is 1.38. The molecule has 0 amide bonds. The van der Waals surface area contributed by atoms with Gasteiger partial charge in [0.2, 0.25) is 0 Å².